The van der Waals surface area contributed by atoms with Crippen LogP contribution >= 0.6 is 0 Å². The highest BCUT2D eigenvalue weighted by molar-refractivity contribution is 6.74. The highest BCUT2D eigenvalue weighted by Gasteiger charge is 2.55. The molecule has 13 nitrogen and oxygen atoms in total. The van der Waals surface area contributed by atoms with Crippen molar-refractivity contribution >= 4 is 28.7 Å². The average Bonchev–Trinajstić information content (AvgIpc) is 3.41. The molecule has 0 radical (unpaired) electrons. The van der Waals surface area contributed by atoms with Crippen molar-refractivity contribution in [3.05, 3.63) is 105 Å². The normalized spacial score (nSPS) is 19.7. The van der Waals surface area contributed by atoms with Crippen LogP contribution in [0.15, 0.2) is 82.5 Å². The zero-order valence-corrected chi connectivity index (χ0v) is 38.6. The van der Waals surface area contributed by atoms with Crippen molar-refractivity contribution in [3.8, 4) is 0 Å². The lowest BCUT2D eigenvalue weighted by Crippen LogP contribution is -2.55. The fraction of sp³-hybridized carbons (Fsp3) is 0.581. The van der Waals surface area contributed by atoms with Gasteiger partial charge in [-0.3, -0.25) is 9.36 Å². The molecule has 3 aromatic rings. The number of hydrogen-bond acceptors (Lipinski definition) is 10. The molecule has 320 valence electrons. The fourth-order valence-electron chi connectivity index (χ4n) is 5.82. The summed E-state index contributed by atoms with van der Waals surface area (Å²) in [5, 5.41) is 2.23. The molecule has 0 unspecified atom stereocenters. The molecule has 1 saturated heterocycles. The van der Waals surface area contributed by atoms with Gasteiger partial charge in [-0.2, -0.15) is 0 Å². The third-order valence-electron chi connectivity index (χ3n) is 11.1. The van der Waals surface area contributed by atoms with E-state index in [9.17, 15) is 19.2 Å². The highest BCUT2D eigenvalue weighted by atomic mass is 28.4. The van der Waals surface area contributed by atoms with Crippen molar-refractivity contribution < 1.29 is 37.4 Å². The molecule has 1 aromatic heterocycles. The van der Waals surface area contributed by atoms with Crippen LogP contribution in [0.4, 0.5) is 4.79 Å². The van der Waals surface area contributed by atoms with Gasteiger partial charge in [0.1, 0.15) is 37.2 Å². The predicted molar refractivity (Wildman–Crippen MR) is 228 cm³/mol. The molecule has 15 heteroatoms. The van der Waals surface area contributed by atoms with Gasteiger partial charge in [0.25, 0.3) is 5.56 Å². The second-order valence-corrected chi connectivity index (χ2v) is 28.5. The standard InChI is InChI=1S/C43H65N3O10Si2/c1-41(2,3)54-38(48)32(44-39(49)52-28-31-22-18-15-19-23-31)26-33-35(55-57(10,11)42(4,5)6)36(56-58(12,13)43(7,8)9)37(53-33)45-25-24-34(47)46(40(45)50)29-51-27-30-20-16-14-17-21-30/h14-25,32-33,35-37H,26-29H2,1-13H3,(H,44,49)/t32-,33-,35-,36-,37-/m1/s1. The Hall–Kier alpha value is -3.87. The number of rotatable bonds is 15. The van der Waals surface area contributed by atoms with E-state index in [0.717, 1.165) is 15.7 Å². The number of nitrogens with zero attached hydrogens (tertiary/aromatic N) is 2. The van der Waals surface area contributed by atoms with Crippen molar-refractivity contribution in [3.63, 3.8) is 0 Å². The molecule has 4 rings (SSSR count). The van der Waals surface area contributed by atoms with E-state index >= 15 is 0 Å². The van der Waals surface area contributed by atoms with Crippen molar-refractivity contribution in [1.29, 1.82) is 0 Å². The average molecular weight is 840 g/mol. The second kappa shape index (κ2) is 18.6. The van der Waals surface area contributed by atoms with Crippen LogP contribution in [-0.4, -0.2) is 67.8 Å². The Morgan fingerprint density at radius 3 is 1.79 bits per heavy atom. The van der Waals surface area contributed by atoms with Crippen LogP contribution in [0.5, 0.6) is 0 Å². The summed E-state index contributed by atoms with van der Waals surface area (Å²) in [5.74, 6) is -0.689. The minimum Gasteiger partial charge on any atom is -0.458 e. The maximum atomic E-state index is 14.3. The number of amides is 1. The first-order valence-corrected chi connectivity index (χ1v) is 25.8. The summed E-state index contributed by atoms with van der Waals surface area (Å²) < 4.78 is 40.8. The fourth-order valence-corrected chi connectivity index (χ4v) is 8.43. The molecule has 0 saturated carbocycles. The van der Waals surface area contributed by atoms with E-state index in [1.54, 1.807) is 20.8 Å². The second-order valence-electron chi connectivity index (χ2n) is 19.0. The van der Waals surface area contributed by atoms with Gasteiger partial charge in [-0.15, -0.1) is 0 Å². The topological polar surface area (TPSA) is 146 Å². The molecule has 0 bridgehead atoms. The van der Waals surface area contributed by atoms with Gasteiger partial charge in [0, 0.05) is 18.7 Å². The monoisotopic (exact) mass is 839 g/mol. The number of hydrogen-bond donors (Lipinski definition) is 1. The van der Waals surface area contributed by atoms with Crippen LogP contribution in [0.3, 0.4) is 0 Å². The molecule has 1 aliphatic rings. The van der Waals surface area contributed by atoms with Crippen molar-refractivity contribution in [1.82, 2.24) is 14.5 Å². The summed E-state index contributed by atoms with van der Waals surface area (Å²) in [4.78, 5) is 54.8. The first-order chi connectivity index (χ1) is 26.8. The van der Waals surface area contributed by atoms with Crippen LogP contribution < -0.4 is 16.6 Å². The summed E-state index contributed by atoms with van der Waals surface area (Å²) in [5.41, 5.74) is -0.410. The summed E-state index contributed by atoms with van der Waals surface area (Å²) in [6.45, 7) is 26.3. The van der Waals surface area contributed by atoms with Gasteiger partial charge >= 0.3 is 17.8 Å². The van der Waals surface area contributed by atoms with Crippen LogP contribution in [0.1, 0.15) is 86.1 Å². The summed E-state index contributed by atoms with van der Waals surface area (Å²) in [6.07, 6.45) is -3.18. The first kappa shape index (κ1) is 46.8. The zero-order chi connectivity index (χ0) is 43.3. The Labute approximate surface area is 345 Å². The molecular weight excluding hydrogens is 775 g/mol. The molecule has 2 aromatic carbocycles. The lowest BCUT2D eigenvalue weighted by Gasteiger charge is -2.44. The Morgan fingerprint density at radius 1 is 0.759 bits per heavy atom. The van der Waals surface area contributed by atoms with E-state index in [1.807, 2.05) is 60.7 Å². The number of nitrogens with one attached hydrogen (secondary N) is 1. The Balaban J connectivity index is 1.80. The van der Waals surface area contributed by atoms with E-state index in [1.165, 1.54) is 16.8 Å². The Kier molecular flexibility index (Phi) is 15.0. The van der Waals surface area contributed by atoms with Crippen molar-refractivity contribution in [2.24, 2.45) is 0 Å². The third kappa shape index (κ3) is 12.3. The van der Waals surface area contributed by atoms with Gasteiger partial charge in [0.05, 0.1) is 12.7 Å². The van der Waals surface area contributed by atoms with Gasteiger partial charge in [0.2, 0.25) is 0 Å². The van der Waals surface area contributed by atoms with E-state index in [0.29, 0.717) is 0 Å². The molecule has 1 N–H and O–H groups in total. The van der Waals surface area contributed by atoms with Crippen LogP contribution in [0.25, 0.3) is 0 Å². The smallest absolute Gasteiger partial charge is 0.408 e. The van der Waals surface area contributed by atoms with Gasteiger partial charge in [-0.05, 0) is 68.2 Å². The van der Waals surface area contributed by atoms with E-state index in [2.05, 4.69) is 73.0 Å². The first-order valence-electron chi connectivity index (χ1n) is 19.9. The number of carbonyl (C=O) groups is 2. The largest absolute Gasteiger partial charge is 0.458 e. The molecule has 1 aliphatic heterocycles. The molecule has 0 aliphatic carbocycles. The van der Waals surface area contributed by atoms with Crippen LogP contribution in [-0.2, 0) is 52.5 Å². The number of alkyl carbamates (subject to hydrolysis) is 1. The lowest BCUT2D eigenvalue weighted by molar-refractivity contribution is -0.159. The predicted octanol–water partition coefficient (Wildman–Crippen LogP) is 7.89. The maximum absolute atomic E-state index is 14.3. The lowest BCUT2D eigenvalue weighted by atomic mass is 10.0. The van der Waals surface area contributed by atoms with Gasteiger partial charge in [-0.1, -0.05) is 102 Å². The van der Waals surface area contributed by atoms with Crippen LogP contribution in [0.2, 0.25) is 36.3 Å². The number of ether oxygens (including phenoxy) is 4. The van der Waals surface area contributed by atoms with Crippen molar-refractivity contribution in [2.45, 2.75) is 161 Å². The molecule has 2 heterocycles. The summed E-state index contributed by atoms with van der Waals surface area (Å²) in [6, 6.07) is 18.7. The van der Waals surface area contributed by atoms with Crippen molar-refractivity contribution in [2.75, 3.05) is 0 Å². The van der Waals surface area contributed by atoms with E-state index < -0.39 is 76.1 Å². The molecular formula is C43H65N3O10Si2. The van der Waals surface area contributed by atoms with Gasteiger partial charge < -0.3 is 33.1 Å². The molecule has 1 amide bonds. The number of aromatic nitrogens is 2. The summed E-state index contributed by atoms with van der Waals surface area (Å²) in [7, 11) is -5.26. The molecule has 0 spiro atoms. The number of benzene rings is 2. The minimum absolute atomic E-state index is 0.0110. The zero-order valence-electron chi connectivity index (χ0n) is 36.6. The van der Waals surface area contributed by atoms with Gasteiger partial charge in [0.15, 0.2) is 22.9 Å². The van der Waals surface area contributed by atoms with E-state index in [-0.39, 0.29) is 36.4 Å². The highest BCUT2D eigenvalue weighted by Crippen LogP contribution is 2.46. The molecule has 5 atom stereocenters. The maximum Gasteiger partial charge on any atom is 0.408 e. The van der Waals surface area contributed by atoms with E-state index in [4.69, 9.17) is 27.8 Å². The molecule has 1 fully saturated rings. The Morgan fingerprint density at radius 2 is 1.28 bits per heavy atom. The molecule has 58 heavy (non-hydrogen) atoms. The van der Waals surface area contributed by atoms with Crippen LogP contribution in [0, 0.1) is 0 Å². The SMILES string of the molecule is CC(C)(C)OC(=O)[C@@H](C[C@H]1O[C@@H](n2ccc(=O)n(COCc3ccccc3)c2=O)[C@H](O[Si](C)(C)C(C)(C)C)[C@@H]1O[Si](C)(C)C(C)(C)C)NC(=O)OCc1ccccc1. The number of carbonyl (C=O) groups excluding carboxylic acids is 2. The summed E-state index contributed by atoms with van der Waals surface area (Å²) >= 11 is 0. The van der Waals surface area contributed by atoms with Gasteiger partial charge in [-0.25, -0.2) is 19.0 Å². The number of esters is 1. The Bertz CT molecular complexity index is 1950. The third-order valence-corrected chi connectivity index (χ3v) is 20.1. The quantitative estimate of drug-likeness (QED) is 0.119. The minimum atomic E-state index is -2.63.